The van der Waals surface area contributed by atoms with Gasteiger partial charge in [-0.1, -0.05) is 69.9 Å². The number of aryl methyl sites for hydroxylation is 1. The third-order valence-corrected chi connectivity index (χ3v) is 7.62. The average molecular weight is 498 g/mol. The minimum Gasteiger partial charge on any atom is -0.341 e. The summed E-state index contributed by atoms with van der Waals surface area (Å²) in [6.07, 6.45) is 8.50. The number of nitrogens with one attached hydrogen (secondary N) is 1. The SMILES string of the molecule is CC.CCCCCC1CN(CC(=O)N2CCC(N(C)C)CC2)C(=O)C2=CC(c3ccc(C)cc3)NN21. The molecule has 2 fully saturated rings. The summed E-state index contributed by atoms with van der Waals surface area (Å²) < 4.78 is 0. The Morgan fingerprint density at radius 2 is 1.75 bits per heavy atom. The number of unbranched alkanes of at least 4 members (excludes halogenated alkanes) is 2. The van der Waals surface area contributed by atoms with Crippen LogP contribution in [0.25, 0.3) is 0 Å². The highest BCUT2D eigenvalue weighted by molar-refractivity contribution is 5.96. The Bertz CT molecular complexity index is 889. The van der Waals surface area contributed by atoms with Crippen LogP contribution in [0, 0.1) is 6.92 Å². The van der Waals surface area contributed by atoms with E-state index in [1.54, 1.807) is 4.90 Å². The molecule has 2 amide bonds. The van der Waals surface area contributed by atoms with E-state index in [9.17, 15) is 9.59 Å². The lowest BCUT2D eigenvalue weighted by Gasteiger charge is -2.42. The molecule has 0 saturated carbocycles. The number of carbonyl (C=O) groups is 2. The molecule has 0 bridgehead atoms. The molecular formula is C29H47N5O2. The predicted octanol–water partition coefficient (Wildman–Crippen LogP) is 4.11. The van der Waals surface area contributed by atoms with E-state index in [0.29, 0.717) is 18.3 Å². The highest BCUT2D eigenvalue weighted by atomic mass is 16.2. The van der Waals surface area contributed by atoms with Gasteiger partial charge in [-0.25, -0.2) is 5.43 Å². The Labute approximate surface area is 218 Å². The molecule has 2 unspecified atom stereocenters. The molecule has 2 atom stereocenters. The third-order valence-electron chi connectivity index (χ3n) is 7.62. The van der Waals surface area contributed by atoms with Crippen molar-refractivity contribution < 1.29 is 9.59 Å². The molecule has 3 aliphatic heterocycles. The van der Waals surface area contributed by atoms with E-state index in [-0.39, 0.29) is 30.4 Å². The highest BCUT2D eigenvalue weighted by Gasteiger charge is 2.41. The molecular weight excluding hydrogens is 450 g/mol. The standard InChI is InChI=1S/C27H41N5O2.C2H6/c1-5-6-7-8-23-18-31(19-26(33)30-15-13-22(14-16-30)29(3)4)27(34)25-17-24(28-32(23)25)21-11-9-20(2)10-12-21;1-2/h9-12,17,22-24,28H,5-8,13-16,18-19H2,1-4H3;1-2H3. The summed E-state index contributed by atoms with van der Waals surface area (Å²) in [5.74, 6) is 0.0401. The summed E-state index contributed by atoms with van der Waals surface area (Å²) in [5.41, 5.74) is 6.65. The number of fused-ring (bicyclic) bond motifs is 1. The van der Waals surface area contributed by atoms with Crippen molar-refractivity contribution in [2.24, 2.45) is 0 Å². The minimum atomic E-state index is -0.0367. The molecule has 0 aliphatic carbocycles. The summed E-state index contributed by atoms with van der Waals surface area (Å²) in [6, 6.07) is 9.16. The van der Waals surface area contributed by atoms with E-state index in [1.807, 2.05) is 24.8 Å². The van der Waals surface area contributed by atoms with E-state index in [2.05, 4.69) is 67.5 Å². The fourth-order valence-corrected chi connectivity index (χ4v) is 5.38. The van der Waals surface area contributed by atoms with Crippen LogP contribution in [0.5, 0.6) is 0 Å². The Kier molecular flexibility index (Phi) is 10.4. The Morgan fingerprint density at radius 1 is 1.08 bits per heavy atom. The maximum atomic E-state index is 13.5. The first-order chi connectivity index (χ1) is 17.4. The van der Waals surface area contributed by atoms with Gasteiger partial charge in [-0.05, 0) is 51.9 Å². The molecule has 3 heterocycles. The zero-order chi connectivity index (χ0) is 26.2. The van der Waals surface area contributed by atoms with Crippen molar-refractivity contribution in [3.05, 3.63) is 47.2 Å². The number of amides is 2. The number of hydrogen-bond donors (Lipinski definition) is 1. The molecule has 0 radical (unpaired) electrons. The maximum absolute atomic E-state index is 13.5. The van der Waals surface area contributed by atoms with E-state index >= 15 is 0 Å². The first-order valence-electron chi connectivity index (χ1n) is 13.9. The average Bonchev–Trinajstić information content (AvgIpc) is 3.34. The number of benzene rings is 1. The van der Waals surface area contributed by atoms with Gasteiger partial charge in [-0.2, -0.15) is 0 Å². The first-order valence-corrected chi connectivity index (χ1v) is 13.9. The van der Waals surface area contributed by atoms with Crippen molar-refractivity contribution >= 4 is 11.8 Å². The van der Waals surface area contributed by atoms with E-state index in [1.165, 1.54) is 18.4 Å². The molecule has 1 aromatic rings. The van der Waals surface area contributed by atoms with Gasteiger partial charge < -0.3 is 14.7 Å². The smallest absolute Gasteiger partial charge is 0.271 e. The largest absolute Gasteiger partial charge is 0.341 e. The van der Waals surface area contributed by atoms with Gasteiger partial charge in [0.05, 0.1) is 12.1 Å². The molecule has 2 saturated heterocycles. The molecule has 1 aromatic carbocycles. The number of carbonyl (C=O) groups excluding carboxylic acids is 2. The van der Waals surface area contributed by atoms with Crippen molar-refractivity contribution in [2.75, 3.05) is 40.3 Å². The van der Waals surface area contributed by atoms with Crippen LogP contribution in [0.2, 0.25) is 0 Å². The van der Waals surface area contributed by atoms with Crippen molar-refractivity contribution in [2.45, 2.75) is 84.3 Å². The quantitative estimate of drug-likeness (QED) is 0.548. The van der Waals surface area contributed by atoms with Gasteiger partial charge in [-0.3, -0.25) is 14.6 Å². The molecule has 1 N–H and O–H groups in total. The molecule has 4 rings (SSSR count). The van der Waals surface area contributed by atoms with Crippen LogP contribution in [-0.2, 0) is 9.59 Å². The summed E-state index contributed by atoms with van der Waals surface area (Å²) in [6.45, 7) is 10.6. The number of piperazine rings is 1. The summed E-state index contributed by atoms with van der Waals surface area (Å²) in [7, 11) is 4.21. The van der Waals surface area contributed by atoms with Crippen molar-refractivity contribution in [3.63, 3.8) is 0 Å². The van der Waals surface area contributed by atoms with E-state index in [0.717, 1.165) is 44.3 Å². The fraction of sp³-hybridized carbons (Fsp3) is 0.655. The zero-order valence-corrected chi connectivity index (χ0v) is 23.3. The second kappa shape index (κ2) is 13.2. The van der Waals surface area contributed by atoms with Gasteiger partial charge in [0.2, 0.25) is 5.91 Å². The van der Waals surface area contributed by atoms with Crippen LogP contribution in [0.4, 0.5) is 0 Å². The topological polar surface area (TPSA) is 59.1 Å². The third kappa shape index (κ3) is 6.68. The number of piperidine rings is 1. The number of likely N-dealkylation sites (tertiary alicyclic amines) is 1. The Morgan fingerprint density at radius 3 is 2.36 bits per heavy atom. The molecule has 3 aliphatic rings. The van der Waals surface area contributed by atoms with Crippen LogP contribution in [0.15, 0.2) is 36.0 Å². The van der Waals surface area contributed by atoms with Gasteiger partial charge in [0, 0.05) is 25.7 Å². The number of nitrogens with zero attached hydrogens (tertiary/aromatic N) is 4. The minimum absolute atomic E-state index is 0.0195. The van der Waals surface area contributed by atoms with Crippen molar-refractivity contribution in [3.8, 4) is 0 Å². The number of hydrogen-bond acceptors (Lipinski definition) is 5. The maximum Gasteiger partial charge on any atom is 0.271 e. The van der Waals surface area contributed by atoms with Crippen LogP contribution >= 0.6 is 0 Å². The first kappa shape index (κ1) is 28.2. The summed E-state index contributed by atoms with van der Waals surface area (Å²) in [4.78, 5) is 32.6. The molecule has 0 aromatic heterocycles. The van der Waals surface area contributed by atoms with Gasteiger partial charge in [0.15, 0.2) is 0 Å². The highest BCUT2D eigenvalue weighted by Crippen LogP contribution is 2.32. The predicted molar refractivity (Wildman–Crippen MR) is 146 cm³/mol. The summed E-state index contributed by atoms with van der Waals surface area (Å²) in [5, 5.41) is 2.09. The van der Waals surface area contributed by atoms with Crippen LogP contribution in [-0.4, -0.2) is 83.9 Å². The van der Waals surface area contributed by atoms with Gasteiger partial charge in [0.1, 0.15) is 12.2 Å². The lowest BCUT2D eigenvalue weighted by Crippen LogP contribution is -2.58. The number of rotatable bonds is 8. The second-order valence-corrected chi connectivity index (χ2v) is 10.4. The van der Waals surface area contributed by atoms with Gasteiger partial charge in [0.25, 0.3) is 5.91 Å². The Hall–Kier alpha value is -2.38. The molecule has 200 valence electrons. The lowest BCUT2D eigenvalue weighted by molar-refractivity contribution is -0.143. The molecule has 36 heavy (non-hydrogen) atoms. The van der Waals surface area contributed by atoms with E-state index in [4.69, 9.17) is 0 Å². The van der Waals surface area contributed by atoms with Crippen molar-refractivity contribution in [1.82, 2.24) is 25.1 Å². The molecule has 7 nitrogen and oxygen atoms in total. The van der Waals surface area contributed by atoms with Crippen LogP contribution < -0.4 is 5.43 Å². The van der Waals surface area contributed by atoms with Crippen LogP contribution in [0.3, 0.4) is 0 Å². The second-order valence-electron chi connectivity index (χ2n) is 10.4. The Balaban J connectivity index is 0.00000176. The van der Waals surface area contributed by atoms with Gasteiger partial charge in [-0.15, -0.1) is 0 Å². The van der Waals surface area contributed by atoms with Crippen molar-refractivity contribution in [1.29, 1.82) is 0 Å². The molecule has 7 heteroatoms. The van der Waals surface area contributed by atoms with Gasteiger partial charge >= 0.3 is 0 Å². The lowest BCUT2D eigenvalue weighted by atomic mass is 10.0. The monoisotopic (exact) mass is 497 g/mol. The number of hydrazine groups is 1. The molecule has 0 spiro atoms. The fourth-order valence-electron chi connectivity index (χ4n) is 5.38. The zero-order valence-electron chi connectivity index (χ0n) is 23.3. The van der Waals surface area contributed by atoms with E-state index < -0.39 is 0 Å². The van der Waals surface area contributed by atoms with Crippen LogP contribution in [0.1, 0.15) is 76.5 Å². The normalized spacial score (nSPS) is 22.4. The summed E-state index contributed by atoms with van der Waals surface area (Å²) >= 11 is 0.